The van der Waals surface area contributed by atoms with Crippen molar-refractivity contribution in [2.75, 3.05) is 37.8 Å². The van der Waals surface area contributed by atoms with E-state index in [1.165, 1.54) is 6.07 Å². The molecule has 190 valence electrons. The van der Waals surface area contributed by atoms with Crippen LogP contribution < -0.4 is 15.0 Å². The Morgan fingerprint density at radius 3 is 2.71 bits per heavy atom. The number of halogens is 2. The Hall–Kier alpha value is -2.97. The molecule has 9 heteroatoms. The minimum atomic E-state index is -0.564. The number of carbonyl (C=O) groups is 1. The fraction of sp³-hybridized carbons (Fsp3) is 0.577. The van der Waals surface area contributed by atoms with E-state index in [-0.39, 0.29) is 35.9 Å². The molecule has 1 aliphatic carbocycles. The molecule has 2 aliphatic rings. The van der Waals surface area contributed by atoms with E-state index in [2.05, 4.69) is 20.4 Å². The molecule has 1 atom stereocenters. The third-order valence-electron chi connectivity index (χ3n) is 6.79. The molecule has 35 heavy (non-hydrogen) atoms. The van der Waals surface area contributed by atoms with Crippen LogP contribution in [0, 0.1) is 17.7 Å². The lowest BCUT2D eigenvalue weighted by Crippen LogP contribution is -2.35. The van der Waals surface area contributed by atoms with Crippen molar-refractivity contribution >= 4 is 17.5 Å². The zero-order valence-corrected chi connectivity index (χ0v) is 20.4. The van der Waals surface area contributed by atoms with Gasteiger partial charge in [0.2, 0.25) is 5.91 Å². The molecule has 1 aliphatic heterocycles. The largest absolute Gasteiger partial charge is 0.490 e. The number of allylic oxidation sites excluding steroid dienone is 2. The van der Waals surface area contributed by atoms with Crippen molar-refractivity contribution < 1.29 is 22.8 Å². The van der Waals surface area contributed by atoms with Crippen molar-refractivity contribution in [1.82, 2.24) is 15.5 Å². The quantitative estimate of drug-likeness (QED) is 0.541. The SMILES string of the molecule is CC(C)c1noc(N2CCC(COc3ccc(C4=CCC(C(=O)NCCF)CC4)cc3F)CC2)n1. The number of piperidine rings is 1. The van der Waals surface area contributed by atoms with Crippen molar-refractivity contribution in [2.24, 2.45) is 11.8 Å². The summed E-state index contributed by atoms with van der Waals surface area (Å²) >= 11 is 0. The smallest absolute Gasteiger partial charge is 0.324 e. The number of rotatable bonds is 9. The van der Waals surface area contributed by atoms with Crippen LogP contribution in [0.2, 0.25) is 0 Å². The Morgan fingerprint density at radius 1 is 1.29 bits per heavy atom. The average Bonchev–Trinajstić information content (AvgIpc) is 3.38. The van der Waals surface area contributed by atoms with Crippen LogP contribution in [0.4, 0.5) is 14.8 Å². The number of hydrogen-bond acceptors (Lipinski definition) is 6. The number of amides is 1. The summed E-state index contributed by atoms with van der Waals surface area (Å²) in [7, 11) is 0. The molecule has 1 N–H and O–H groups in total. The lowest BCUT2D eigenvalue weighted by Gasteiger charge is -2.30. The highest BCUT2D eigenvalue weighted by molar-refractivity contribution is 5.80. The van der Waals surface area contributed by atoms with E-state index < -0.39 is 6.67 Å². The summed E-state index contributed by atoms with van der Waals surface area (Å²) in [5, 5.41) is 6.63. The third kappa shape index (κ3) is 6.38. The summed E-state index contributed by atoms with van der Waals surface area (Å²) in [6.45, 7) is 5.62. The molecule has 0 bridgehead atoms. The van der Waals surface area contributed by atoms with Gasteiger partial charge in [0.05, 0.1) is 6.61 Å². The van der Waals surface area contributed by atoms with Gasteiger partial charge in [0.15, 0.2) is 17.4 Å². The Balaban J connectivity index is 1.25. The van der Waals surface area contributed by atoms with Crippen LogP contribution in [0.1, 0.15) is 63.3 Å². The lowest BCUT2D eigenvalue weighted by molar-refractivity contribution is -0.125. The monoisotopic (exact) mass is 488 g/mol. The topological polar surface area (TPSA) is 80.5 Å². The minimum Gasteiger partial charge on any atom is -0.490 e. The van der Waals surface area contributed by atoms with E-state index in [4.69, 9.17) is 9.26 Å². The van der Waals surface area contributed by atoms with Crippen molar-refractivity contribution in [3.05, 3.63) is 41.5 Å². The van der Waals surface area contributed by atoms with E-state index in [9.17, 15) is 13.6 Å². The molecule has 1 amide bonds. The molecule has 7 nitrogen and oxygen atoms in total. The Bertz CT molecular complexity index is 1030. The molecule has 1 unspecified atom stereocenters. The molecule has 0 spiro atoms. The summed E-state index contributed by atoms with van der Waals surface area (Å²) in [4.78, 5) is 18.6. The van der Waals surface area contributed by atoms with Gasteiger partial charge in [-0.05, 0) is 61.3 Å². The summed E-state index contributed by atoms with van der Waals surface area (Å²) in [5.74, 6) is 0.889. The summed E-state index contributed by atoms with van der Waals surface area (Å²) < 4.78 is 38.2. The zero-order chi connectivity index (χ0) is 24.8. The number of anilines is 1. The first-order chi connectivity index (χ1) is 16.9. The van der Waals surface area contributed by atoms with Gasteiger partial charge in [0, 0.05) is 31.5 Å². The van der Waals surface area contributed by atoms with Crippen molar-refractivity contribution in [2.45, 2.75) is 51.9 Å². The van der Waals surface area contributed by atoms with Crippen LogP contribution in [-0.2, 0) is 4.79 Å². The molecule has 0 radical (unpaired) electrons. The Labute approximate surface area is 204 Å². The number of nitrogens with one attached hydrogen (secondary N) is 1. The Kier molecular flexibility index (Phi) is 8.36. The maximum absolute atomic E-state index is 14.8. The van der Waals surface area contributed by atoms with Gasteiger partial charge in [-0.3, -0.25) is 4.79 Å². The molecular weight excluding hydrogens is 454 g/mol. The number of carbonyl (C=O) groups excluding carboxylic acids is 1. The van der Waals surface area contributed by atoms with Crippen molar-refractivity contribution in [3.8, 4) is 5.75 Å². The number of ether oxygens (including phenoxy) is 1. The molecule has 1 fully saturated rings. The van der Waals surface area contributed by atoms with Crippen LogP contribution >= 0.6 is 0 Å². The third-order valence-corrected chi connectivity index (χ3v) is 6.79. The number of aromatic nitrogens is 2. The van der Waals surface area contributed by atoms with Gasteiger partial charge in [0.25, 0.3) is 0 Å². The molecule has 1 saturated heterocycles. The second-order valence-corrected chi connectivity index (χ2v) is 9.66. The molecule has 1 aromatic carbocycles. The van der Waals surface area contributed by atoms with Crippen LogP contribution in [0.3, 0.4) is 0 Å². The van der Waals surface area contributed by atoms with E-state index in [0.29, 0.717) is 43.6 Å². The lowest BCUT2D eigenvalue weighted by atomic mass is 9.86. The summed E-state index contributed by atoms with van der Waals surface area (Å²) in [6, 6.07) is 5.64. The predicted octanol–water partition coefficient (Wildman–Crippen LogP) is 4.90. The molecule has 0 saturated carbocycles. The number of hydrogen-bond donors (Lipinski definition) is 1. The van der Waals surface area contributed by atoms with Crippen molar-refractivity contribution in [1.29, 1.82) is 0 Å². The van der Waals surface area contributed by atoms with Gasteiger partial charge >= 0.3 is 6.01 Å². The average molecular weight is 489 g/mol. The van der Waals surface area contributed by atoms with Gasteiger partial charge in [-0.15, -0.1) is 0 Å². The minimum absolute atomic E-state index is 0.0511. The molecule has 1 aromatic heterocycles. The first kappa shape index (κ1) is 25.1. The standard InChI is InChI=1S/C26H34F2N4O3/c1-17(2)24-30-26(35-31-24)32-13-9-18(10-14-32)16-34-23-8-7-21(15-22(23)28)19-3-5-20(6-4-19)25(33)29-12-11-27/h3,7-8,15,17-18,20H,4-6,9-14,16H2,1-2H3,(H,29,33). The van der Waals surface area contributed by atoms with Crippen LogP contribution in [0.15, 0.2) is 28.8 Å². The Morgan fingerprint density at radius 2 is 2.09 bits per heavy atom. The number of nitrogens with zero attached hydrogens (tertiary/aromatic N) is 3. The molecule has 4 rings (SSSR count). The molecule has 2 aromatic rings. The van der Waals surface area contributed by atoms with Crippen LogP contribution in [0.5, 0.6) is 5.75 Å². The predicted molar refractivity (Wildman–Crippen MR) is 130 cm³/mol. The highest BCUT2D eigenvalue weighted by atomic mass is 19.1. The summed E-state index contributed by atoms with van der Waals surface area (Å²) in [5.41, 5.74) is 1.84. The van der Waals surface area contributed by atoms with E-state index in [1.807, 2.05) is 26.0 Å². The first-order valence-electron chi connectivity index (χ1n) is 12.5. The highest BCUT2D eigenvalue weighted by Crippen LogP contribution is 2.33. The van der Waals surface area contributed by atoms with Crippen LogP contribution in [0.25, 0.3) is 5.57 Å². The highest BCUT2D eigenvalue weighted by Gasteiger charge is 2.25. The van der Waals surface area contributed by atoms with E-state index in [1.54, 1.807) is 6.07 Å². The van der Waals surface area contributed by atoms with Crippen LogP contribution in [-0.4, -0.2) is 49.0 Å². The second-order valence-electron chi connectivity index (χ2n) is 9.66. The number of alkyl halides is 1. The normalized spacial score (nSPS) is 19.1. The first-order valence-corrected chi connectivity index (χ1v) is 12.5. The van der Waals surface area contributed by atoms with Gasteiger partial charge in [-0.2, -0.15) is 4.98 Å². The van der Waals surface area contributed by atoms with E-state index >= 15 is 0 Å². The maximum Gasteiger partial charge on any atom is 0.324 e. The van der Waals surface area contributed by atoms with Gasteiger partial charge in [0.1, 0.15) is 6.67 Å². The fourth-order valence-electron chi connectivity index (χ4n) is 4.55. The zero-order valence-electron chi connectivity index (χ0n) is 20.4. The van der Waals surface area contributed by atoms with Gasteiger partial charge in [-0.1, -0.05) is 31.1 Å². The molecular formula is C26H34F2N4O3. The summed E-state index contributed by atoms with van der Waals surface area (Å²) in [6.07, 6.45) is 5.74. The van der Waals surface area contributed by atoms with Gasteiger partial charge in [-0.25, -0.2) is 8.78 Å². The molecule has 2 heterocycles. The maximum atomic E-state index is 14.8. The van der Waals surface area contributed by atoms with Crippen molar-refractivity contribution in [3.63, 3.8) is 0 Å². The second kappa shape index (κ2) is 11.6. The van der Waals surface area contributed by atoms with E-state index in [0.717, 1.165) is 37.1 Å². The number of benzene rings is 1. The fourth-order valence-corrected chi connectivity index (χ4v) is 4.55. The van der Waals surface area contributed by atoms with Gasteiger partial charge < -0.3 is 19.5 Å².